The van der Waals surface area contributed by atoms with Crippen LogP contribution in [0.15, 0.2) is 53.2 Å². The first-order valence-electron chi connectivity index (χ1n) is 13.1. The monoisotopic (exact) mass is 561 g/mol. The molecule has 4 aromatic heterocycles. The first-order valence-corrected chi connectivity index (χ1v) is 14.0. The number of nitrogens with one attached hydrogen (secondary N) is 3. The molecule has 1 aliphatic carbocycles. The number of hydrogen-bond acceptors (Lipinski definition) is 9. The van der Waals surface area contributed by atoms with Gasteiger partial charge in [-0.05, 0) is 31.0 Å². The van der Waals surface area contributed by atoms with Crippen LogP contribution in [-0.4, -0.2) is 56.0 Å². The van der Waals surface area contributed by atoms with Gasteiger partial charge in [0.1, 0.15) is 17.2 Å². The van der Waals surface area contributed by atoms with Crippen LogP contribution in [-0.2, 0) is 5.41 Å². The molecule has 12 heteroatoms. The number of pyridine rings is 1. The van der Waals surface area contributed by atoms with Crippen LogP contribution in [0.25, 0.3) is 26.6 Å². The second kappa shape index (κ2) is 10.2. The third-order valence-corrected chi connectivity index (χ3v) is 7.79. The number of hydrogen-bond donors (Lipinski definition) is 4. The second-order valence-electron chi connectivity index (χ2n) is 11.1. The van der Waals surface area contributed by atoms with Gasteiger partial charge in [-0.3, -0.25) is 9.72 Å². The van der Waals surface area contributed by atoms with Gasteiger partial charge in [0.05, 0.1) is 23.4 Å². The number of nitrogens with zero attached hydrogens (tertiary/aromatic N) is 4. The molecule has 1 fully saturated rings. The predicted molar refractivity (Wildman–Crippen MR) is 154 cm³/mol. The van der Waals surface area contributed by atoms with E-state index in [1.807, 2.05) is 67.8 Å². The number of urea groups is 1. The zero-order chi connectivity index (χ0) is 27.9. The van der Waals surface area contributed by atoms with Gasteiger partial charge in [0.15, 0.2) is 10.8 Å². The molecule has 208 valence electrons. The third kappa shape index (κ3) is 5.51. The van der Waals surface area contributed by atoms with Gasteiger partial charge in [0.2, 0.25) is 5.88 Å². The molecule has 4 N–H and O–H groups in total. The number of carbonyl (C=O) groups excluding carboxylic acids is 1. The van der Waals surface area contributed by atoms with E-state index in [1.165, 1.54) is 11.3 Å². The van der Waals surface area contributed by atoms with Gasteiger partial charge in [-0.2, -0.15) is 0 Å². The molecule has 6 rings (SSSR count). The highest BCUT2D eigenvalue weighted by Crippen LogP contribution is 2.36. The van der Waals surface area contributed by atoms with E-state index in [1.54, 1.807) is 6.07 Å². The number of carbonyl (C=O) groups is 1. The van der Waals surface area contributed by atoms with E-state index in [-0.39, 0.29) is 17.6 Å². The highest BCUT2D eigenvalue weighted by molar-refractivity contribution is 7.23. The molecule has 0 saturated heterocycles. The van der Waals surface area contributed by atoms with E-state index in [0.29, 0.717) is 36.3 Å². The number of fused-ring (bicyclic) bond motifs is 3. The molecule has 1 aliphatic rings. The Balaban J connectivity index is 1.10. The summed E-state index contributed by atoms with van der Waals surface area (Å²) in [5.74, 6) is 1.64. The Kier molecular flexibility index (Phi) is 6.69. The van der Waals surface area contributed by atoms with Crippen molar-refractivity contribution in [3.63, 3.8) is 0 Å². The zero-order valence-electron chi connectivity index (χ0n) is 22.5. The van der Waals surface area contributed by atoms with Crippen molar-refractivity contribution < 1.29 is 19.2 Å². The molecule has 2 amide bonds. The molecular weight excluding hydrogens is 530 g/mol. The topological polar surface area (TPSA) is 139 Å². The van der Waals surface area contributed by atoms with Crippen LogP contribution in [0, 0.1) is 0 Å². The van der Waals surface area contributed by atoms with Gasteiger partial charge >= 0.3 is 6.03 Å². The van der Waals surface area contributed by atoms with Crippen LogP contribution in [0.5, 0.6) is 5.88 Å². The summed E-state index contributed by atoms with van der Waals surface area (Å²) in [6.07, 6.45) is 4.06. The van der Waals surface area contributed by atoms with E-state index >= 15 is 0 Å². The van der Waals surface area contributed by atoms with Crippen molar-refractivity contribution in [2.24, 2.45) is 0 Å². The van der Waals surface area contributed by atoms with Crippen LogP contribution in [0.3, 0.4) is 0 Å². The molecular formula is C28H31N7O4S. The number of aliphatic hydroxyl groups is 1. The Morgan fingerprint density at radius 3 is 2.65 bits per heavy atom. The average molecular weight is 562 g/mol. The minimum Gasteiger partial charge on any atom is -0.476 e. The van der Waals surface area contributed by atoms with Gasteiger partial charge in [0.25, 0.3) is 0 Å². The average Bonchev–Trinajstić information content (AvgIpc) is 3.21. The van der Waals surface area contributed by atoms with Gasteiger partial charge in [-0.25, -0.2) is 14.8 Å². The van der Waals surface area contributed by atoms with Crippen molar-refractivity contribution in [1.82, 2.24) is 24.8 Å². The number of thiazole rings is 1. The molecule has 1 saturated carbocycles. The number of imidazole rings is 1. The van der Waals surface area contributed by atoms with Crippen molar-refractivity contribution in [3.8, 4) is 17.1 Å². The summed E-state index contributed by atoms with van der Waals surface area (Å²) in [5.41, 5.74) is 3.12. The van der Waals surface area contributed by atoms with Crippen LogP contribution in [0.2, 0.25) is 0 Å². The Labute approximate surface area is 234 Å². The molecule has 40 heavy (non-hydrogen) atoms. The van der Waals surface area contributed by atoms with Crippen LogP contribution >= 0.6 is 11.3 Å². The highest BCUT2D eigenvalue weighted by atomic mass is 32.1. The fourth-order valence-corrected chi connectivity index (χ4v) is 5.31. The lowest BCUT2D eigenvalue weighted by Gasteiger charge is -2.16. The number of rotatable bonds is 9. The zero-order valence-corrected chi connectivity index (χ0v) is 23.3. The highest BCUT2D eigenvalue weighted by Gasteiger charge is 2.43. The molecule has 0 atom stereocenters. The molecule has 0 radical (unpaired) electrons. The summed E-state index contributed by atoms with van der Waals surface area (Å²) in [5, 5.41) is 21.8. The maximum absolute atomic E-state index is 12.4. The van der Waals surface area contributed by atoms with Crippen molar-refractivity contribution in [2.75, 3.05) is 30.4 Å². The number of benzene rings is 1. The van der Waals surface area contributed by atoms with E-state index < -0.39 is 6.03 Å². The summed E-state index contributed by atoms with van der Waals surface area (Å²) < 4.78 is 13.3. The SMILES string of the molecule is CC(C)(C)c1cc(NC(=O)Nc2ccc(-c3cn4c(n3)sc3nc(OCC5(NCCO)CC5)ccc34)cc2)no1. The lowest BCUT2D eigenvalue weighted by molar-refractivity contribution is 0.226. The van der Waals surface area contributed by atoms with Crippen LogP contribution in [0.4, 0.5) is 16.3 Å². The van der Waals surface area contributed by atoms with Crippen molar-refractivity contribution in [2.45, 2.75) is 44.6 Å². The van der Waals surface area contributed by atoms with Crippen LogP contribution < -0.4 is 20.7 Å². The Bertz CT molecular complexity index is 1660. The van der Waals surface area contributed by atoms with Crippen molar-refractivity contribution in [3.05, 3.63) is 54.4 Å². The molecule has 5 aromatic rings. The van der Waals surface area contributed by atoms with E-state index in [4.69, 9.17) is 19.4 Å². The minimum atomic E-state index is -0.403. The summed E-state index contributed by atoms with van der Waals surface area (Å²) in [6, 6.07) is 12.7. The molecule has 1 aromatic carbocycles. The molecule has 11 nitrogen and oxygen atoms in total. The molecule has 0 unspecified atom stereocenters. The number of aliphatic hydroxyl groups excluding tert-OH is 1. The van der Waals surface area contributed by atoms with E-state index in [9.17, 15) is 4.79 Å². The lowest BCUT2D eigenvalue weighted by atomic mass is 9.93. The number of aromatic nitrogens is 4. The normalized spacial score (nSPS) is 14.5. The van der Waals surface area contributed by atoms with Gasteiger partial charge in [0, 0.05) is 41.5 Å². The lowest BCUT2D eigenvalue weighted by Crippen LogP contribution is -2.38. The molecule has 0 bridgehead atoms. The van der Waals surface area contributed by atoms with Crippen molar-refractivity contribution >= 4 is 44.2 Å². The van der Waals surface area contributed by atoms with E-state index in [2.05, 4.69) is 26.1 Å². The Morgan fingerprint density at radius 1 is 1.15 bits per heavy atom. The summed E-state index contributed by atoms with van der Waals surface area (Å²) >= 11 is 1.50. The second-order valence-corrected chi connectivity index (χ2v) is 12.0. The smallest absolute Gasteiger partial charge is 0.324 e. The standard InChI is InChI=1S/C28H31N7O4S/c1-27(2,3)21-14-22(34-39-21)32-25(37)30-18-6-4-17(5-7-18)19-15-35-20-8-9-23(33-24(20)40-26(35)31-19)38-16-28(10-11-28)29-12-13-36/h4-9,14-15,29,36H,10-13,16H2,1-3H3,(H2,30,32,34,37). The van der Waals surface area contributed by atoms with Gasteiger partial charge < -0.3 is 25.0 Å². The number of anilines is 2. The minimum absolute atomic E-state index is 0.0413. The van der Waals surface area contributed by atoms with Crippen LogP contribution in [0.1, 0.15) is 39.4 Å². The van der Waals surface area contributed by atoms with E-state index in [0.717, 1.165) is 39.4 Å². The van der Waals surface area contributed by atoms with Crippen molar-refractivity contribution in [1.29, 1.82) is 0 Å². The van der Waals surface area contributed by atoms with Gasteiger partial charge in [-0.1, -0.05) is 49.4 Å². The maximum atomic E-state index is 12.4. The first-order chi connectivity index (χ1) is 19.2. The molecule has 0 aliphatic heterocycles. The third-order valence-electron chi connectivity index (χ3n) is 6.83. The number of β-amino-alcohol motifs (C(OH)–C–C–N with tert-alkyl or cyclic N) is 1. The number of amides is 2. The molecule has 4 heterocycles. The Hall–Kier alpha value is -4.00. The fraction of sp³-hybridized carbons (Fsp3) is 0.357. The summed E-state index contributed by atoms with van der Waals surface area (Å²) in [7, 11) is 0. The quantitative estimate of drug-likeness (QED) is 0.196. The summed E-state index contributed by atoms with van der Waals surface area (Å²) in [6.45, 7) is 7.25. The largest absolute Gasteiger partial charge is 0.476 e. The first kappa shape index (κ1) is 26.2. The Morgan fingerprint density at radius 2 is 1.95 bits per heavy atom. The maximum Gasteiger partial charge on any atom is 0.324 e. The summed E-state index contributed by atoms with van der Waals surface area (Å²) in [4.78, 5) is 23.6. The predicted octanol–water partition coefficient (Wildman–Crippen LogP) is 5.03. The van der Waals surface area contributed by atoms with Gasteiger partial charge in [-0.15, -0.1) is 0 Å². The number of ether oxygens (including phenoxy) is 1. The fourth-order valence-electron chi connectivity index (χ4n) is 4.34. The molecule has 0 spiro atoms.